The molecule has 0 saturated heterocycles. The van der Waals surface area contributed by atoms with Crippen molar-refractivity contribution in [3.05, 3.63) is 47.8 Å². The van der Waals surface area contributed by atoms with Gasteiger partial charge in [0.25, 0.3) is 0 Å². The standard InChI is InChI=1S/C11H8FN3/c1-8-14-4-5-15(8)11-3-2-10(12)6-9(11)7-13/h2-6H,1H3. The van der Waals surface area contributed by atoms with Gasteiger partial charge in [-0.3, -0.25) is 0 Å². The van der Waals surface area contributed by atoms with Crippen LogP contribution in [0.1, 0.15) is 11.4 Å². The Morgan fingerprint density at radius 2 is 2.27 bits per heavy atom. The highest BCUT2D eigenvalue weighted by molar-refractivity contribution is 5.49. The highest BCUT2D eigenvalue weighted by atomic mass is 19.1. The zero-order valence-electron chi connectivity index (χ0n) is 8.11. The third-order valence-electron chi connectivity index (χ3n) is 2.16. The molecule has 0 atom stereocenters. The summed E-state index contributed by atoms with van der Waals surface area (Å²) in [4.78, 5) is 4.05. The van der Waals surface area contributed by atoms with Crippen LogP contribution in [0.3, 0.4) is 0 Å². The van der Waals surface area contributed by atoms with Crippen molar-refractivity contribution in [3.63, 3.8) is 0 Å². The van der Waals surface area contributed by atoms with Crippen LogP contribution in [0.2, 0.25) is 0 Å². The van der Waals surface area contributed by atoms with Crippen molar-refractivity contribution in [2.45, 2.75) is 6.92 Å². The van der Waals surface area contributed by atoms with E-state index in [1.807, 2.05) is 13.0 Å². The summed E-state index contributed by atoms with van der Waals surface area (Å²) >= 11 is 0. The molecule has 0 radical (unpaired) electrons. The molecule has 0 fully saturated rings. The van der Waals surface area contributed by atoms with Crippen LogP contribution in [-0.2, 0) is 0 Å². The summed E-state index contributed by atoms with van der Waals surface area (Å²) in [5.41, 5.74) is 0.949. The molecule has 0 aliphatic heterocycles. The smallest absolute Gasteiger partial charge is 0.124 e. The summed E-state index contributed by atoms with van der Waals surface area (Å²) in [5.74, 6) is 0.353. The van der Waals surface area contributed by atoms with E-state index in [1.54, 1.807) is 23.0 Å². The summed E-state index contributed by atoms with van der Waals surface area (Å²) in [6.45, 7) is 1.82. The molecule has 0 N–H and O–H groups in total. The molecular formula is C11H8FN3. The first-order valence-corrected chi connectivity index (χ1v) is 4.42. The Morgan fingerprint density at radius 1 is 1.47 bits per heavy atom. The van der Waals surface area contributed by atoms with Gasteiger partial charge in [0.15, 0.2) is 0 Å². The van der Waals surface area contributed by atoms with Gasteiger partial charge in [-0.25, -0.2) is 9.37 Å². The molecule has 0 amide bonds. The predicted octanol–water partition coefficient (Wildman–Crippen LogP) is 2.19. The lowest BCUT2D eigenvalue weighted by Crippen LogP contribution is -1.99. The number of aromatic nitrogens is 2. The van der Waals surface area contributed by atoms with E-state index in [-0.39, 0.29) is 0 Å². The fourth-order valence-corrected chi connectivity index (χ4v) is 1.44. The fourth-order valence-electron chi connectivity index (χ4n) is 1.44. The minimum Gasteiger partial charge on any atom is -0.303 e. The summed E-state index contributed by atoms with van der Waals surface area (Å²) in [6.07, 6.45) is 3.38. The summed E-state index contributed by atoms with van der Waals surface area (Å²) < 4.78 is 14.6. The second kappa shape index (κ2) is 3.54. The van der Waals surface area contributed by atoms with Gasteiger partial charge in [-0.2, -0.15) is 5.26 Å². The Kier molecular flexibility index (Phi) is 2.22. The third kappa shape index (κ3) is 1.59. The number of imidazole rings is 1. The SMILES string of the molecule is Cc1nccn1-c1ccc(F)cc1C#N. The molecule has 0 aliphatic carbocycles. The lowest BCUT2D eigenvalue weighted by atomic mass is 10.2. The van der Waals surface area contributed by atoms with Crippen molar-refractivity contribution in [2.75, 3.05) is 0 Å². The molecule has 4 heteroatoms. The highest BCUT2D eigenvalue weighted by Gasteiger charge is 2.07. The number of rotatable bonds is 1. The molecule has 3 nitrogen and oxygen atoms in total. The number of nitriles is 1. The van der Waals surface area contributed by atoms with Gasteiger partial charge in [0.2, 0.25) is 0 Å². The van der Waals surface area contributed by atoms with Crippen molar-refractivity contribution in [1.29, 1.82) is 5.26 Å². The Labute approximate surface area is 86.4 Å². The second-order valence-corrected chi connectivity index (χ2v) is 3.12. The van der Waals surface area contributed by atoms with Gasteiger partial charge in [0.05, 0.1) is 11.3 Å². The van der Waals surface area contributed by atoms with Crippen molar-refractivity contribution < 1.29 is 4.39 Å². The van der Waals surface area contributed by atoms with Gasteiger partial charge in [-0.05, 0) is 25.1 Å². The van der Waals surface area contributed by atoms with E-state index in [9.17, 15) is 4.39 Å². The molecule has 1 aromatic carbocycles. The third-order valence-corrected chi connectivity index (χ3v) is 2.16. The monoisotopic (exact) mass is 201 g/mol. The summed E-state index contributed by atoms with van der Waals surface area (Å²) in [6, 6.07) is 6.08. The van der Waals surface area contributed by atoms with Crippen molar-refractivity contribution in [1.82, 2.24) is 9.55 Å². The molecule has 1 aromatic heterocycles. The summed E-state index contributed by atoms with van der Waals surface area (Å²) in [7, 11) is 0. The fraction of sp³-hybridized carbons (Fsp3) is 0.0909. The van der Waals surface area contributed by atoms with E-state index in [2.05, 4.69) is 4.98 Å². The molecule has 74 valence electrons. The largest absolute Gasteiger partial charge is 0.303 e. The number of halogens is 1. The van der Waals surface area contributed by atoms with E-state index in [4.69, 9.17) is 5.26 Å². The zero-order chi connectivity index (χ0) is 10.8. The first-order valence-electron chi connectivity index (χ1n) is 4.42. The van der Waals surface area contributed by atoms with Crippen molar-refractivity contribution in [3.8, 4) is 11.8 Å². The van der Waals surface area contributed by atoms with Crippen molar-refractivity contribution >= 4 is 0 Å². The minimum atomic E-state index is -0.409. The van der Waals surface area contributed by atoms with Crippen LogP contribution in [0.4, 0.5) is 4.39 Å². The minimum absolute atomic E-state index is 0.302. The number of hydrogen-bond donors (Lipinski definition) is 0. The second-order valence-electron chi connectivity index (χ2n) is 3.12. The maximum absolute atomic E-state index is 12.9. The van der Waals surface area contributed by atoms with Gasteiger partial charge >= 0.3 is 0 Å². The first kappa shape index (κ1) is 9.41. The quantitative estimate of drug-likeness (QED) is 0.709. The van der Waals surface area contributed by atoms with Crippen LogP contribution < -0.4 is 0 Å². The molecule has 15 heavy (non-hydrogen) atoms. The molecule has 0 aliphatic rings. The molecular weight excluding hydrogens is 193 g/mol. The van der Waals surface area contributed by atoms with Gasteiger partial charge in [0, 0.05) is 12.4 Å². The van der Waals surface area contributed by atoms with E-state index in [1.165, 1.54) is 12.1 Å². The summed E-state index contributed by atoms with van der Waals surface area (Å²) in [5, 5.41) is 8.88. The maximum atomic E-state index is 12.9. The average molecular weight is 201 g/mol. The van der Waals surface area contributed by atoms with Gasteiger partial charge in [-0.1, -0.05) is 0 Å². The maximum Gasteiger partial charge on any atom is 0.124 e. The number of hydrogen-bond acceptors (Lipinski definition) is 2. The van der Waals surface area contributed by atoms with Gasteiger partial charge in [-0.15, -0.1) is 0 Å². The van der Waals surface area contributed by atoms with E-state index >= 15 is 0 Å². The zero-order valence-corrected chi connectivity index (χ0v) is 8.11. The van der Waals surface area contributed by atoms with Crippen LogP contribution in [0.15, 0.2) is 30.6 Å². The molecule has 0 saturated carbocycles. The molecule has 0 unspecified atom stereocenters. The molecule has 2 rings (SSSR count). The first-order chi connectivity index (χ1) is 7.22. The van der Waals surface area contributed by atoms with Gasteiger partial charge < -0.3 is 4.57 Å². The van der Waals surface area contributed by atoms with Crippen LogP contribution in [0.25, 0.3) is 5.69 Å². The number of aryl methyl sites for hydroxylation is 1. The normalized spacial score (nSPS) is 9.93. The lowest BCUT2D eigenvalue weighted by molar-refractivity contribution is 0.626. The molecule has 2 aromatic rings. The van der Waals surface area contributed by atoms with E-state index in [0.717, 1.165) is 5.82 Å². The molecule has 1 heterocycles. The molecule has 0 bridgehead atoms. The van der Waals surface area contributed by atoms with E-state index in [0.29, 0.717) is 11.3 Å². The Morgan fingerprint density at radius 3 is 2.87 bits per heavy atom. The van der Waals surface area contributed by atoms with Crippen LogP contribution in [-0.4, -0.2) is 9.55 Å². The van der Waals surface area contributed by atoms with Crippen LogP contribution in [0.5, 0.6) is 0 Å². The van der Waals surface area contributed by atoms with Crippen LogP contribution >= 0.6 is 0 Å². The van der Waals surface area contributed by atoms with Gasteiger partial charge in [0.1, 0.15) is 17.7 Å². The van der Waals surface area contributed by atoms with Crippen molar-refractivity contribution in [2.24, 2.45) is 0 Å². The topological polar surface area (TPSA) is 41.6 Å². The number of benzene rings is 1. The molecule has 0 spiro atoms. The lowest BCUT2D eigenvalue weighted by Gasteiger charge is -2.06. The Bertz CT molecular complexity index is 537. The Hall–Kier alpha value is -2.15. The van der Waals surface area contributed by atoms with Crippen LogP contribution in [0, 0.1) is 24.1 Å². The predicted molar refractivity (Wildman–Crippen MR) is 53.0 cm³/mol. The highest BCUT2D eigenvalue weighted by Crippen LogP contribution is 2.16. The van der Waals surface area contributed by atoms with E-state index < -0.39 is 5.82 Å². The average Bonchev–Trinajstić information content (AvgIpc) is 2.64. The Balaban J connectivity index is 2.64. The number of nitrogens with zero attached hydrogens (tertiary/aromatic N) is 3.